The molecule has 0 amide bonds. The van der Waals surface area contributed by atoms with E-state index in [4.69, 9.17) is 9.29 Å². The maximum atomic E-state index is 10.7. The molecule has 0 heterocycles. The van der Waals surface area contributed by atoms with Crippen molar-refractivity contribution in [3.8, 4) is 5.75 Å². The molecule has 5 heteroatoms. The molecule has 1 atom stereocenters. The predicted molar refractivity (Wildman–Crippen MR) is 99.3 cm³/mol. The lowest BCUT2D eigenvalue weighted by molar-refractivity contribution is 0.217. The molecule has 0 aliphatic rings. The van der Waals surface area contributed by atoms with Crippen LogP contribution in [0.1, 0.15) is 70.8 Å². The van der Waals surface area contributed by atoms with Crippen molar-refractivity contribution in [2.75, 3.05) is 5.75 Å². The summed E-state index contributed by atoms with van der Waals surface area (Å²) in [5, 5.41) is 0. The first-order valence-electron chi connectivity index (χ1n) is 9.11. The van der Waals surface area contributed by atoms with Crippen LogP contribution in [0.3, 0.4) is 0 Å². The normalized spacial score (nSPS) is 13.0. The summed E-state index contributed by atoms with van der Waals surface area (Å²) in [7, 11) is -3.92. The Morgan fingerprint density at radius 3 is 2.17 bits per heavy atom. The van der Waals surface area contributed by atoms with Gasteiger partial charge in [0.1, 0.15) is 5.75 Å². The predicted octanol–water partition coefficient (Wildman–Crippen LogP) is 5.02. The summed E-state index contributed by atoms with van der Waals surface area (Å²) in [5.74, 6) is 0.464. The molecule has 0 aromatic heterocycles. The molecule has 1 N–H and O–H groups in total. The first-order chi connectivity index (χ1) is 11.4. The van der Waals surface area contributed by atoms with Crippen LogP contribution in [0.4, 0.5) is 0 Å². The molecule has 0 aliphatic carbocycles. The van der Waals surface area contributed by atoms with Crippen LogP contribution in [-0.4, -0.2) is 24.8 Å². The zero-order valence-corrected chi connectivity index (χ0v) is 15.9. The van der Waals surface area contributed by atoms with Gasteiger partial charge in [-0.3, -0.25) is 4.55 Å². The number of hydrogen-bond acceptors (Lipinski definition) is 3. The van der Waals surface area contributed by atoms with Gasteiger partial charge >= 0.3 is 0 Å². The third-order valence-electron chi connectivity index (χ3n) is 4.11. The number of unbranched alkanes of at least 4 members (excludes halogenated alkanes) is 6. The Morgan fingerprint density at radius 1 is 1.00 bits per heavy atom. The Kier molecular flexibility index (Phi) is 10.0. The average Bonchev–Trinajstić information content (AvgIpc) is 2.53. The Hall–Kier alpha value is -1.07. The molecule has 0 spiro atoms. The number of hydrogen-bond donors (Lipinski definition) is 1. The average molecular weight is 357 g/mol. The molecular formula is C19H32O4S. The fourth-order valence-electron chi connectivity index (χ4n) is 2.63. The third kappa shape index (κ3) is 10.7. The van der Waals surface area contributed by atoms with Gasteiger partial charge in [0.05, 0.1) is 11.9 Å². The lowest BCUT2D eigenvalue weighted by atomic mass is 10.0. The van der Waals surface area contributed by atoms with Gasteiger partial charge in [0.2, 0.25) is 0 Å². The second-order valence-electron chi connectivity index (χ2n) is 6.52. The Labute approximate surface area is 147 Å². The summed E-state index contributed by atoms with van der Waals surface area (Å²) in [5.41, 5.74) is 1.31. The van der Waals surface area contributed by atoms with Gasteiger partial charge in [0.25, 0.3) is 10.1 Å². The Bertz CT molecular complexity index is 537. The van der Waals surface area contributed by atoms with Crippen LogP contribution < -0.4 is 4.74 Å². The Morgan fingerprint density at radius 2 is 1.58 bits per heavy atom. The van der Waals surface area contributed by atoms with E-state index in [-0.39, 0.29) is 18.3 Å². The summed E-state index contributed by atoms with van der Waals surface area (Å²) in [6, 6.07) is 8.00. The van der Waals surface area contributed by atoms with Crippen molar-refractivity contribution in [1.29, 1.82) is 0 Å². The molecule has 0 bridgehead atoms. The zero-order valence-electron chi connectivity index (χ0n) is 15.0. The van der Waals surface area contributed by atoms with Crippen LogP contribution in [0.15, 0.2) is 24.3 Å². The molecule has 0 saturated heterocycles. The molecule has 0 radical (unpaired) electrons. The molecule has 0 saturated carbocycles. The first kappa shape index (κ1) is 21.0. The summed E-state index contributed by atoms with van der Waals surface area (Å²) in [4.78, 5) is 0. The van der Waals surface area contributed by atoms with Gasteiger partial charge in [-0.25, -0.2) is 0 Å². The highest BCUT2D eigenvalue weighted by atomic mass is 32.2. The van der Waals surface area contributed by atoms with Crippen molar-refractivity contribution in [3.63, 3.8) is 0 Å². The second-order valence-corrected chi connectivity index (χ2v) is 8.09. The van der Waals surface area contributed by atoms with Crippen LogP contribution >= 0.6 is 0 Å². The van der Waals surface area contributed by atoms with E-state index in [0.717, 1.165) is 12.2 Å². The van der Waals surface area contributed by atoms with Gasteiger partial charge in [0, 0.05) is 6.42 Å². The number of ether oxygens (including phenoxy) is 1. The molecular weight excluding hydrogens is 324 g/mol. The summed E-state index contributed by atoms with van der Waals surface area (Å²) >= 11 is 0. The van der Waals surface area contributed by atoms with Crippen molar-refractivity contribution in [2.45, 2.75) is 77.7 Å². The highest BCUT2D eigenvalue weighted by molar-refractivity contribution is 7.85. The minimum atomic E-state index is -3.92. The summed E-state index contributed by atoms with van der Waals surface area (Å²) in [6.07, 6.45) is 10.3. The van der Waals surface area contributed by atoms with Gasteiger partial charge in [-0.2, -0.15) is 8.42 Å². The number of aryl methyl sites for hydroxylation is 1. The van der Waals surface area contributed by atoms with Gasteiger partial charge in [-0.1, -0.05) is 57.6 Å². The number of rotatable bonds is 13. The molecule has 0 fully saturated rings. The van der Waals surface area contributed by atoms with E-state index in [1.807, 2.05) is 12.1 Å². The standard InChI is InChI=1S/C19H32O4S/c1-3-4-5-6-7-8-9-10-18-11-13-19(14-12-18)23-17(2)15-16-24(20,21)22/h11-14,17H,3-10,15-16H2,1-2H3,(H,20,21,22). The van der Waals surface area contributed by atoms with Crippen molar-refractivity contribution < 1.29 is 17.7 Å². The van der Waals surface area contributed by atoms with E-state index in [2.05, 4.69) is 19.1 Å². The Balaban J connectivity index is 2.23. The minimum Gasteiger partial charge on any atom is -0.491 e. The maximum absolute atomic E-state index is 10.7. The summed E-state index contributed by atoms with van der Waals surface area (Å²) < 4.78 is 35.9. The van der Waals surface area contributed by atoms with Crippen LogP contribution in [0, 0.1) is 0 Å². The largest absolute Gasteiger partial charge is 0.491 e. The van der Waals surface area contributed by atoms with E-state index in [0.29, 0.717) is 0 Å². The minimum absolute atomic E-state index is 0.249. The molecule has 1 unspecified atom stereocenters. The van der Waals surface area contributed by atoms with E-state index in [9.17, 15) is 8.42 Å². The van der Waals surface area contributed by atoms with Crippen molar-refractivity contribution >= 4 is 10.1 Å². The van der Waals surface area contributed by atoms with E-state index in [1.54, 1.807) is 6.92 Å². The SMILES string of the molecule is CCCCCCCCCc1ccc(OC(C)CCS(=O)(=O)O)cc1. The van der Waals surface area contributed by atoms with E-state index in [1.165, 1.54) is 50.5 Å². The second kappa shape index (κ2) is 11.5. The molecule has 0 aliphatic heterocycles. The van der Waals surface area contributed by atoms with Crippen LogP contribution in [-0.2, 0) is 16.5 Å². The topological polar surface area (TPSA) is 63.6 Å². The molecule has 138 valence electrons. The van der Waals surface area contributed by atoms with E-state index < -0.39 is 10.1 Å². The fourth-order valence-corrected chi connectivity index (χ4v) is 3.26. The molecule has 24 heavy (non-hydrogen) atoms. The first-order valence-corrected chi connectivity index (χ1v) is 10.7. The third-order valence-corrected chi connectivity index (χ3v) is 4.86. The smallest absolute Gasteiger partial charge is 0.264 e. The van der Waals surface area contributed by atoms with Crippen molar-refractivity contribution in [3.05, 3.63) is 29.8 Å². The molecule has 1 aromatic rings. The monoisotopic (exact) mass is 356 g/mol. The highest BCUT2D eigenvalue weighted by Crippen LogP contribution is 2.17. The maximum Gasteiger partial charge on any atom is 0.264 e. The van der Waals surface area contributed by atoms with Crippen LogP contribution in [0.2, 0.25) is 0 Å². The fraction of sp³-hybridized carbons (Fsp3) is 0.684. The molecule has 1 rings (SSSR count). The van der Waals surface area contributed by atoms with Gasteiger partial charge in [-0.15, -0.1) is 0 Å². The van der Waals surface area contributed by atoms with Crippen molar-refractivity contribution in [2.24, 2.45) is 0 Å². The number of benzene rings is 1. The van der Waals surface area contributed by atoms with Crippen LogP contribution in [0.25, 0.3) is 0 Å². The molecule has 1 aromatic carbocycles. The highest BCUT2D eigenvalue weighted by Gasteiger charge is 2.10. The molecule has 4 nitrogen and oxygen atoms in total. The van der Waals surface area contributed by atoms with Crippen molar-refractivity contribution in [1.82, 2.24) is 0 Å². The lowest BCUT2D eigenvalue weighted by Crippen LogP contribution is -2.17. The van der Waals surface area contributed by atoms with Gasteiger partial charge in [-0.05, 0) is 37.5 Å². The quantitative estimate of drug-likeness (QED) is 0.398. The van der Waals surface area contributed by atoms with Gasteiger partial charge < -0.3 is 4.74 Å². The lowest BCUT2D eigenvalue weighted by Gasteiger charge is -2.14. The van der Waals surface area contributed by atoms with Crippen LogP contribution in [0.5, 0.6) is 5.75 Å². The van der Waals surface area contributed by atoms with Gasteiger partial charge in [0.15, 0.2) is 0 Å². The zero-order chi connectivity index (χ0) is 17.8. The van der Waals surface area contributed by atoms with E-state index >= 15 is 0 Å². The summed E-state index contributed by atoms with van der Waals surface area (Å²) in [6.45, 7) is 4.04.